The summed E-state index contributed by atoms with van der Waals surface area (Å²) in [6.45, 7) is 17.9. The third-order valence-corrected chi connectivity index (χ3v) is 8.15. The summed E-state index contributed by atoms with van der Waals surface area (Å²) in [5, 5.41) is 11.0. The molecule has 1 aromatic carbocycles. The predicted octanol–water partition coefficient (Wildman–Crippen LogP) is 6.47. The minimum absolute atomic E-state index is 0.0253. The van der Waals surface area contributed by atoms with E-state index in [1.54, 1.807) is 0 Å². The predicted molar refractivity (Wildman–Crippen MR) is 158 cm³/mol. The first-order valence-corrected chi connectivity index (χ1v) is 13.8. The molecule has 3 rings (SSSR count). The molecule has 0 aromatic heterocycles. The number of rotatable bonds is 6. The summed E-state index contributed by atoms with van der Waals surface area (Å²) in [5.74, 6) is 0.432. The first kappa shape index (κ1) is 33.8. The number of terminal acetylenes is 1. The second kappa shape index (κ2) is 15.4. The third-order valence-electron chi connectivity index (χ3n) is 8.15. The van der Waals surface area contributed by atoms with Crippen molar-refractivity contribution in [1.29, 1.82) is 0 Å². The monoisotopic (exact) mass is 526 g/mol. The minimum atomic E-state index is -0.673. The van der Waals surface area contributed by atoms with Crippen molar-refractivity contribution in [1.82, 2.24) is 9.80 Å². The van der Waals surface area contributed by atoms with Gasteiger partial charge in [-0.1, -0.05) is 56.3 Å². The number of allylic oxidation sites excluding steroid dienone is 3. The Kier molecular flexibility index (Phi) is 13.7. The van der Waals surface area contributed by atoms with Gasteiger partial charge in [0.2, 0.25) is 0 Å². The summed E-state index contributed by atoms with van der Waals surface area (Å²) in [7, 11) is 2.12. The Bertz CT molecular complexity index is 919. The van der Waals surface area contributed by atoms with E-state index in [1.807, 2.05) is 56.3 Å². The van der Waals surface area contributed by atoms with Gasteiger partial charge in [-0.25, -0.2) is 4.39 Å². The van der Waals surface area contributed by atoms with Gasteiger partial charge in [-0.3, -0.25) is 4.90 Å². The molecule has 38 heavy (non-hydrogen) atoms. The number of carbonyl (C=O) groups excluding carboxylic acids is 1. The Morgan fingerprint density at radius 1 is 1.11 bits per heavy atom. The Labute approximate surface area is 232 Å². The highest BCUT2D eigenvalue weighted by atomic mass is 19.1. The number of carbonyl (C=O) groups is 1. The van der Waals surface area contributed by atoms with Gasteiger partial charge in [-0.15, -0.1) is 12.8 Å². The fourth-order valence-electron chi connectivity index (χ4n) is 5.80. The summed E-state index contributed by atoms with van der Waals surface area (Å²) in [6, 6.07) is 10.1. The maximum absolute atomic E-state index is 14.2. The molecule has 0 spiro atoms. The zero-order chi connectivity index (χ0) is 29.1. The SMILES string of the molecule is C#C.C/C=C\CC/C(F)=C(\C)[C@@H]1CN(C(C)(C)C)CC1C=O.CC1CN(C)CC(C)C1(O)c1ccccc1. The zero-order valence-electron chi connectivity index (χ0n) is 25.0. The molecule has 1 N–H and O–H groups in total. The number of hydrogen-bond acceptors (Lipinski definition) is 4. The number of hydrogen-bond donors (Lipinski definition) is 1. The lowest BCUT2D eigenvalue weighted by Gasteiger charge is -2.47. The van der Waals surface area contributed by atoms with Crippen LogP contribution in [0.3, 0.4) is 0 Å². The van der Waals surface area contributed by atoms with Gasteiger partial charge in [-0.2, -0.15) is 0 Å². The van der Waals surface area contributed by atoms with Crippen molar-refractivity contribution in [2.24, 2.45) is 23.7 Å². The highest BCUT2D eigenvalue weighted by molar-refractivity contribution is 5.56. The molecule has 2 heterocycles. The summed E-state index contributed by atoms with van der Waals surface area (Å²) in [5.41, 5.74) is 1.17. The van der Waals surface area contributed by atoms with Crippen LogP contribution in [0, 0.1) is 36.5 Å². The van der Waals surface area contributed by atoms with Crippen molar-refractivity contribution in [2.75, 3.05) is 33.2 Å². The second-order valence-electron chi connectivity index (χ2n) is 11.9. The van der Waals surface area contributed by atoms with Crippen molar-refractivity contribution in [2.45, 2.75) is 72.4 Å². The number of piperidine rings is 1. The molecular formula is C33H51FN2O2. The second-order valence-corrected chi connectivity index (χ2v) is 11.9. The number of nitrogens with zero attached hydrogens (tertiary/aromatic N) is 2. The quantitative estimate of drug-likeness (QED) is 0.262. The van der Waals surface area contributed by atoms with Crippen molar-refractivity contribution in [3.05, 3.63) is 59.4 Å². The maximum Gasteiger partial charge on any atom is 0.125 e. The van der Waals surface area contributed by atoms with E-state index in [2.05, 4.69) is 64.3 Å². The molecule has 1 aromatic rings. The standard InChI is InChI=1S/C17H28FNO.C14H21NO.C2H2/c1-6-7-8-9-16(18)13(2)15-11-19(17(3,4)5)10-14(15)12-20;1-11-9-15(3)10-12(2)14(11,16)13-7-5-4-6-8-13;1-2/h6-7,12,14-15H,8-11H2,1-5H3;4-8,11-12,16H,9-10H2,1-3H3;1-2H/b7-6-,16-13-;;/t14?,15-;;/m0../s1. The first-order valence-electron chi connectivity index (χ1n) is 13.8. The highest BCUT2D eigenvalue weighted by Crippen LogP contribution is 2.40. The summed E-state index contributed by atoms with van der Waals surface area (Å²) >= 11 is 0. The summed E-state index contributed by atoms with van der Waals surface area (Å²) in [4.78, 5) is 15.9. The molecule has 212 valence electrons. The summed E-state index contributed by atoms with van der Waals surface area (Å²) < 4.78 is 14.2. The molecular weight excluding hydrogens is 475 g/mol. The van der Waals surface area contributed by atoms with Crippen molar-refractivity contribution in [3.63, 3.8) is 0 Å². The van der Waals surface area contributed by atoms with Gasteiger partial charge < -0.3 is 14.8 Å². The first-order chi connectivity index (χ1) is 17.9. The lowest BCUT2D eigenvalue weighted by Crippen LogP contribution is -2.53. The van der Waals surface area contributed by atoms with E-state index >= 15 is 0 Å². The molecule has 2 aliphatic rings. The molecule has 2 saturated heterocycles. The highest BCUT2D eigenvalue weighted by Gasteiger charge is 2.44. The van der Waals surface area contributed by atoms with Crippen molar-refractivity contribution in [3.8, 4) is 12.8 Å². The van der Waals surface area contributed by atoms with Crippen LogP contribution in [0.4, 0.5) is 4.39 Å². The Balaban J connectivity index is 0.000000363. The number of aliphatic hydroxyl groups is 1. The number of benzene rings is 1. The van der Waals surface area contributed by atoms with Gasteiger partial charge in [-0.05, 0) is 59.2 Å². The molecule has 4 nitrogen and oxygen atoms in total. The zero-order valence-corrected chi connectivity index (χ0v) is 25.0. The lowest BCUT2D eigenvalue weighted by atomic mass is 9.71. The Hall–Kier alpha value is -2.26. The van der Waals surface area contributed by atoms with Gasteiger partial charge in [0.25, 0.3) is 0 Å². The molecule has 2 aliphatic heterocycles. The van der Waals surface area contributed by atoms with Gasteiger partial charge in [0.1, 0.15) is 6.29 Å². The van der Waals surface area contributed by atoms with Crippen LogP contribution in [0.5, 0.6) is 0 Å². The van der Waals surface area contributed by atoms with Crippen LogP contribution < -0.4 is 0 Å². The molecule has 3 unspecified atom stereocenters. The van der Waals surface area contributed by atoms with Crippen molar-refractivity contribution < 1.29 is 14.3 Å². The van der Waals surface area contributed by atoms with Gasteiger partial charge >= 0.3 is 0 Å². The topological polar surface area (TPSA) is 43.8 Å². The number of halogens is 1. The van der Waals surface area contributed by atoms with Gasteiger partial charge in [0.15, 0.2) is 0 Å². The van der Waals surface area contributed by atoms with Gasteiger partial charge in [0, 0.05) is 61.8 Å². The largest absolute Gasteiger partial charge is 0.385 e. The molecule has 0 aliphatic carbocycles. The minimum Gasteiger partial charge on any atom is -0.385 e. The molecule has 5 heteroatoms. The Morgan fingerprint density at radius 2 is 1.66 bits per heavy atom. The average molecular weight is 527 g/mol. The van der Waals surface area contributed by atoms with E-state index in [-0.39, 0.29) is 35.0 Å². The molecule has 0 radical (unpaired) electrons. The van der Waals surface area contributed by atoms with Crippen LogP contribution in [-0.4, -0.2) is 60.0 Å². The summed E-state index contributed by atoms with van der Waals surface area (Å²) in [6.07, 6.45) is 14.1. The third kappa shape index (κ3) is 8.63. The van der Waals surface area contributed by atoms with Crippen LogP contribution in [-0.2, 0) is 10.4 Å². The van der Waals surface area contributed by atoms with Crippen molar-refractivity contribution >= 4 is 6.29 Å². The maximum atomic E-state index is 14.2. The van der Waals surface area contributed by atoms with E-state index in [4.69, 9.17) is 0 Å². The van der Waals surface area contributed by atoms with E-state index in [9.17, 15) is 14.3 Å². The number of aldehydes is 1. The molecule has 0 saturated carbocycles. The average Bonchev–Trinajstić information content (AvgIpc) is 3.34. The lowest BCUT2D eigenvalue weighted by molar-refractivity contribution is -0.111. The van der Waals surface area contributed by atoms with Gasteiger partial charge in [0.05, 0.1) is 11.4 Å². The van der Waals surface area contributed by atoms with E-state index in [0.717, 1.165) is 50.0 Å². The Morgan fingerprint density at radius 3 is 2.13 bits per heavy atom. The molecule has 4 atom stereocenters. The number of likely N-dealkylation sites (tertiary alicyclic amines) is 2. The fourth-order valence-corrected chi connectivity index (χ4v) is 5.80. The van der Waals surface area contributed by atoms with Crippen LogP contribution in [0.25, 0.3) is 0 Å². The molecule has 0 amide bonds. The van der Waals surface area contributed by atoms with E-state index < -0.39 is 5.60 Å². The smallest absolute Gasteiger partial charge is 0.125 e. The molecule has 2 fully saturated rings. The van der Waals surface area contributed by atoms with E-state index in [1.165, 1.54) is 0 Å². The van der Waals surface area contributed by atoms with E-state index in [0.29, 0.717) is 6.42 Å². The van der Waals surface area contributed by atoms with Crippen LogP contribution in [0.1, 0.15) is 66.9 Å². The van der Waals surface area contributed by atoms with Crippen LogP contribution in [0.2, 0.25) is 0 Å². The van der Waals surface area contributed by atoms with Crippen LogP contribution in [0.15, 0.2) is 53.9 Å². The van der Waals surface area contributed by atoms with Crippen LogP contribution >= 0.6 is 0 Å². The fraction of sp³-hybridized carbons (Fsp3) is 0.606. The normalized spacial score (nSPS) is 29.1. The molecule has 0 bridgehead atoms.